The molecule has 0 aliphatic carbocycles. The average molecular weight is 481 g/mol. The maximum atomic E-state index is 10.7. The zero-order valence-electron chi connectivity index (χ0n) is 20.3. The molecule has 35 heavy (non-hydrogen) atoms. The van der Waals surface area contributed by atoms with Crippen molar-refractivity contribution in [2.24, 2.45) is 0 Å². The Morgan fingerprint density at radius 2 is 1.40 bits per heavy atom. The van der Waals surface area contributed by atoms with Crippen LogP contribution in [0.4, 0.5) is 0 Å². The molecule has 1 aliphatic heterocycles. The normalized spacial score (nSPS) is 26.4. The van der Waals surface area contributed by atoms with E-state index in [1.54, 1.807) is 13.2 Å². The molecule has 3 aromatic carbocycles. The molecule has 3 aromatic rings. The highest BCUT2D eigenvalue weighted by Gasteiger charge is 2.53. The molecule has 0 amide bonds. The Morgan fingerprint density at radius 1 is 0.857 bits per heavy atom. The lowest BCUT2D eigenvalue weighted by molar-refractivity contribution is -0.314. The van der Waals surface area contributed by atoms with Crippen LogP contribution in [0.25, 0.3) is 22.3 Å². The number of methoxy groups -OCH3 is 1. The van der Waals surface area contributed by atoms with Crippen LogP contribution in [-0.2, 0) is 4.74 Å². The molecule has 4 N–H and O–H groups in total. The van der Waals surface area contributed by atoms with Crippen LogP contribution in [0, 0.1) is 13.8 Å². The molecule has 7 nitrogen and oxygen atoms in total. The summed E-state index contributed by atoms with van der Waals surface area (Å²) in [4.78, 5) is 0. The maximum absolute atomic E-state index is 10.7. The highest BCUT2D eigenvalue weighted by molar-refractivity contribution is 5.74. The van der Waals surface area contributed by atoms with E-state index in [-0.39, 0.29) is 0 Å². The summed E-state index contributed by atoms with van der Waals surface area (Å²) in [5.41, 5.74) is 4.19. The molecule has 7 heteroatoms. The molecule has 5 unspecified atom stereocenters. The van der Waals surface area contributed by atoms with Gasteiger partial charge >= 0.3 is 0 Å². The first-order valence-corrected chi connectivity index (χ1v) is 11.5. The van der Waals surface area contributed by atoms with Crippen LogP contribution in [0.15, 0.2) is 60.7 Å². The van der Waals surface area contributed by atoms with Gasteiger partial charge in [-0.05, 0) is 84.5 Å². The number of hydrogen-bond acceptors (Lipinski definition) is 7. The van der Waals surface area contributed by atoms with Crippen molar-refractivity contribution >= 4 is 0 Å². The smallest absolute Gasteiger partial charge is 0.231 e. The van der Waals surface area contributed by atoms with Crippen LogP contribution in [0.2, 0.25) is 0 Å². The van der Waals surface area contributed by atoms with Gasteiger partial charge in [-0.1, -0.05) is 30.3 Å². The summed E-state index contributed by atoms with van der Waals surface area (Å²) in [5.74, 6) is 1.31. The molecule has 0 saturated carbocycles. The predicted octanol–water partition coefficient (Wildman–Crippen LogP) is 3.21. The van der Waals surface area contributed by atoms with Gasteiger partial charge in [0.05, 0.1) is 13.7 Å². The topological polar surface area (TPSA) is 109 Å². The fourth-order valence-electron chi connectivity index (χ4n) is 4.38. The fourth-order valence-corrected chi connectivity index (χ4v) is 4.38. The van der Waals surface area contributed by atoms with Crippen molar-refractivity contribution in [2.45, 2.75) is 51.0 Å². The van der Waals surface area contributed by atoms with Crippen molar-refractivity contribution in [3.05, 3.63) is 71.8 Å². The number of aliphatic hydroxyl groups is 4. The third kappa shape index (κ3) is 4.91. The van der Waals surface area contributed by atoms with Crippen LogP contribution >= 0.6 is 0 Å². The van der Waals surface area contributed by atoms with E-state index in [0.717, 1.165) is 39.1 Å². The van der Waals surface area contributed by atoms with E-state index in [1.165, 1.54) is 6.92 Å². The molecule has 0 bridgehead atoms. The molecule has 0 spiro atoms. The number of rotatable bonds is 6. The molecule has 1 heterocycles. The second kappa shape index (κ2) is 9.97. The predicted molar refractivity (Wildman–Crippen MR) is 132 cm³/mol. The van der Waals surface area contributed by atoms with Gasteiger partial charge in [0.2, 0.25) is 6.29 Å². The quantitative estimate of drug-likeness (QED) is 0.429. The summed E-state index contributed by atoms with van der Waals surface area (Å²) in [7, 11) is 1.66. The fraction of sp³-hybridized carbons (Fsp3) is 0.357. The first-order valence-electron chi connectivity index (χ1n) is 11.5. The number of aliphatic hydroxyl groups excluding tert-OH is 3. The molecule has 5 atom stereocenters. The highest BCUT2D eigenvalue weighted by Crippen LogP contribution is 2.35. The van der Waals surface area contributed by atoms with Crippen molar-refractivity contribution in [1.29, 1.82) is 0 Å². The van der Waals surface area contributed by atoms with Crippen molar-refractivity contribution in [1.82, 2.24) is 0 Å². The van der Waals surface area contributed by atoms with Crippen LogP contribution < -0.4 is 9.47 Å². The molecular formula is C28H32O7. The number of benzene rings is 3. The van der Waals surface area contributed by atoms with Gasteiger partial charge in [-0.2, -0.15) is 0 Å². The van der Waals surface area contributed by atoms with E-state index < -0.39 is 36.8 Å². The van der Waals surface area contributed by atoms with Crippen LogP contribution in [-0.4, -0.2) is 64.3 Å². The number of ether oxygens (including phenoxy) is 3. The summed E-state index contributed by atoms with van der Waals surface area (Å²) in [5, 5.41) is 40.5. The minimum absolute atomic E-state index is 0.459. The molecule has 0 radical (unpaired) electrons. The minimum atomic E-state index is -1.87. The zero-order chi connectivity index (χ0) is 25.3. The number of aryl methyl sites for hydroxylation is 2. The largest absolute Gasteiger partial charge is 0.496 e. The summed E-state index contributed by atoms with van der Waals surface area (Å²) in [6, 6.07) is 20.0. The maximum Gasteiger partial charge on any atom is 0.231 e. The van der Waals surface area contributed by atoms with E-state index in [9.17, 15) is 20.4 Å². The van der Waals surface area contributed by atoms with Crippen molar-refractivity contribution in [3.8, 4) is 33.8 Å². The Kier molecular flexibility index (Phi) is 7.17. The lowest BCUT2D eigenvalue weighted by Gasteiger charge is -2.45. The lowest BCUT2D eigenvalue weighted by Crippen LogP contribution is -2.66. The Bertz CT molecular complexity index is 1190. The Hall–Kier alpha value is -2.94. The standard InChI is InChI=1S/C28H32O7/c1-16-12-20(8-10-22(16)33-4)18-6-5-7-19(14-18)21-9-11-23(17(2)13-21)34-27-28(3,32)26(31)25(30)24(15-29)35-27/h5-14,24-27,29-32H,15H2,1-4H3. The summed E-state index contributed by atoms with van der Waals surface area (Å²) in [6.07, 6.45) is -5.31. The lowest BCUT2D eigenvalue weighted by atomic mass is 9.88. The van der Waals surface area contributed by atoms with Crippen LogP contribution in [0.5, 0.6) is 11.5 Å². The number of hydrogen-bond donors (Lipinski definition) is 4. The van der Waals surface area contributed by atoms with Gasteiger partial charge in [-0.25, -0.2) is 0 Å². The van der Waals surface area contributed by atoms with Gasteiger partial charge < -0.3 is 34.6 Å². The summed E-state index contributed by atoms with van der Waals surface area (Å²) < 4.78 is 16.8. The third-order valence-electron chi connectivity index (χ3n) is 6.59. The van der Waals surface area contributed by atoms with E-state index in [0.29, 0.717) is 5.75 Å². The first-order chi connectivity index (χ1) is 16.6. The first kappa shape index (κ1) is 25.2. The second-order valence-corrected chi connectivity index (χ2v) is 9.21. The monoisotopic (exact) mass is 480 g/mol. The van der Waals surface area contributed by atoms with Gasteiger partial charge in [0.1, 0.15) is 29.8 Å². The third-order valence-corrected chi connectivity index (χ3v) is 6.59. The molecule has 1 aliphatic rings. The zero-order valence-corrected chi connectivity index (χ0v) is 20.3. The van der Waals surface area contributed by atoms with Gasteiger partial charge in [-0.15, -0.1) is 0 Å². The SMILES string of the molecule is COc1ccc(-c2cccc(-c3ccc(OC4OC(CO)C(O)C(O)C4(C)O)c(C)c3)c2)cc1C. The Morgan fingerprint density at radius 3 is 1.91 bits per heavy atom. The summed E-state index contributed by atoms with van der Waals surface area (Å²) >= 11 is 0. The van der Waals surface area contributed by atoms with Crippen molar-refractivity contribution in [3.63, 3.8) is 0 Å². The van der Waals surface area contributed by atoms with Crippen LogP contribution in [0.1, 0.15) is 18.1 Å². The Balaban J connectivity index is 1.58. The van der Waals surface area contributed by atoms with Crippen molar-refractivity contribution in [2.75, 3.05) is 13.7 Å². The molecule has 1 saturated heterocycles. The van der Waals surface area contributed by atoms with Gasteiger partial charge in [0.15, 0.2) is 5.60 Å². The molecular weight excluding hydrogens is 448 g/mol. The van der Waals surface area contributed by atoms with E-state index in [1.807, 2.05) is 50.2 Å². The van der Waals surface area contributed by atoms with Crippen LogP contribution in [0.3, 0.4) is 0 Å². The van der Waals surface area contributed by atoms with Gasteiger partial charge in [-0.3, -0.25) is 0 Å². The van der Waals surface area contributed by atoms with E-state index in [4.69, 9.17) is 14.2 Å². The van der Waals surface area contributed by atoms with E-state index >= 15 is 0 Å². The summed E-state index contributed by atoms with van der Waals surface area (Å²) in [6.45, 7) is 4.71. The Labute approximate surface area is 205 Å². The van der Waals surface area contributed by atoms with E-state index in [2.05, 4.69) is 18.2 Å². The molecule has 4 rings (SSSR count). The highest BCUT2D eigenvalue weighted by atomic mass is 16.7. The average Bonchev–Trinajstić information content (AvgIpc) is 2.85. The second-order valence-electron chi connectivity index (χ2n) is 9.21. The molecule has 186 valence electrons. The van der Waals surface area contributed by atoms with Gasteiger partial charge in [0.25, 0.3) is 0 Å². The molecule has 0 aromatic heterocycles. The van der Waals surface area contributed by atoms with Gasteiger partial charge in [0, 0.05) is 0 Å². The van der Waals surface area contributed by atoms with Crippen molar-refractivity contribution < 1.29 is 34.6 Å². The molecule has 1 fully saturated rings. The minimum Gasteiger partial charge on any atom is -0.496 e.